The summed E-state index contributed by atoms with van der Waals surface area (Å²) in [5.74, 6) is 0.00473. The first-order valence-electron chi connectivity index (χ1n) is 5.69. The number of alkyl halides is 2. The van der Waals surface area contributed by atoms with Crippen LogP contribution in [0.15, 0.2) is 9.59 Å². The van der Waals surface area contributed by atoms with Crippen LogP contribution in [-0.2, 0) is 11.3 Å². The van der Waals surface area contributed by atoms with Crippen molar-refractivity contribution in [3.8, 4) is 0 Å². The van der Waals surface area contributed by atoms with Crippen molar-refractivity contribution in [2.45, 2.75) is 19.9 Å². The quantitative estimate of drug-likeness (QED) is 0.601. The molecule has 0 aliphatic heterocycles. The third-order valence-electron chi connectivity index (χ3n) is 2.35. The number of aromatic nitrogens is 2. The molecule has 0 amide bonds. The summed E-state index contributed by atoms with van der Waals surface area (Å²) in [6.45, 7) is 1.46. The average molecular weight is 278 g/mol. The number of nitrogens with zero attached hydrogens (tertiary/aromatic N) is 1. The van der Waals surface area contributed by atoms with Crippen LogP contribution in [0.1, 0.15) is 6.92 Å². The molecule has 0 aromatic carbocycles. The number of rotatable bonds is 7. The fraction of sp³-hybridized carbons (Fsp3) is 0.600. The van der Waals surface area contributed by atoms with Crippen LogP contribution in [0, 0.1) is 0 Å². The van der Waals surface area contributed by atoms with Gasteiger partial charge >= 0.3 is 5.69 Å². The molecule has 0 bridgehead atoms. The van der Waals surface area contributed by atoms with Gasteiger partial charge in [-0.2, -0.15) is 0 Å². The van der Waals surface area contributed by atoms with Gasteiger partial charge in [0.1, 0.15) is 18.1 Å². The van der Waals surface area contributed by atoms with Crippen LogP contribution in [-0.4, -0.2) is 35.7 Å². The van der Waals surface area contributed by atoms with E-state index in [-0.39, 0.29) is 24.7 Å². The number of H-pyrrole nitrogens is 1. The number of nitrogens with two attached hydrogens (primary N) is 1. The molecule has 9 heteroatoms. The van der Waals surface area contributed by atoms with Gasteiger partial charge in [0.05, 0.1) is 6.61 Å². The molecule has 0 fully saturated rings. The lowest BCUT2D eigenvalue weighted by atomic mass is 10.4. The van der Waals surface area contributed by atoms with Crippen molar-refractivity contribution in [1.29, 1.82) is 0 Å². The maximum Gasteiger partial charge on any atom is 0.330 e. The maximum atomic E-state index is 11.8. The Bertz CT molecular complexity index is 526. The average Bonchev–Trinajstić information content (AvgIpc) is 2.32. The van der Waals surface area contributed by atoms with Gasteiger partial charge in [0.15, 0.2) is 0 Å². The first-order valence-corrected chi connectivity index (χ1v) is 5.69. The van der Waals surface area contributed by atoms with E-state index in [2.05, 4.69) is 15.0 Å². The summed E-state index contributed by atoms with van der Waals surface area (Å²) in [7, 11) is 0. The van der Waals surface area contributed by atoms with Crippen molar-refractivity contribution in [2.24, 2.45) is 0 Å². The first-order chi connectivity index (χ1) is 8.97. The summed E-state index contributed by atoms with van der Waals surface area (Å²) in [5, 5.41) is 2.66. The Balaban J connectivity index is 2.69. The minimum atomic E-state index is -2.53. The highest BCUT2D eigenvalue weighted by Crippen LogP contribution is 2.08. The zero-order valence-electron chi connectivity index (χ0n) is 10.4. The van der Waals surface area contributed by atoms with Crippen LogP contribution in [0.5, 0.6) is 0 Å². The predicted molar refractivity (Wildman–Crippen MR) is 66.7 cm³/mol. The Labute approximate surface area is 107 Å². The van der Waals surface area contributed by atoms with Crippen LogP contribution >= 0.6 is 0 Å². The molecular weight excluding hydrogens is 262 g/mol. The fourth-order valence-electron chi connectivity index (χ4n) is 1.49. The van der Waals surface area contributed by atoms with Crippen LogP contribution in [0.2, 0.25) is 0 Å². The minimum absolute atomic E-state index is 0.00473. The van der Waals surface area contributed by atoms with Crippen molar-refractivity contribution >= 4 is 11.5 Å². The summed E-state index contributed by atoms with van der Waals surface area (Å²) >= 11 is 0. The van der Waals surface area contributed by atoms with Gasteiger partial charge in [0, 0.05) is 13.1 Å². The fourth-order valence-corrected chi connectivity index (χ4v) is 1.49. The van der Waals surface area contributed by atoms with Crippen molar-refractivity contribution in [3.63, 3.8) is 0 Å². The highest BCUT2D eigenvalue weighted by atomic mass is 19.3. The van der Waals surface area contributed by atoms with Crippen LogP contribution in [0.4, 0.5) is 20.3 Å². The highest BCUT2D eigenvalue weighted by Gasteiger charge is 2.10. The molecule has 108 valence electrons. The number of aromatic amines is 1. The van der Waals surface area contributed by atoms with E-state index in [1.807, 2.05) is 0 Å². The van der Waals surface area contributed by atoms with Gasteiger partial charge in [-0.05, 0) is 6.92 Å². The molecule has 4 N–H and O–H groups in total. The number of ether oxygens (including phenoxy) is 1. The zero-order valence-corrected chi connectivity index (χ0v) is 10.4. The Morgan fingerprint density at radius 3 is 2.74 bits per heavy atom. The summed E-state index contributed by atoms with van der Waals surface area (Å²) in [4.78, 5) is 25.0. The SMILES string of the molecule is CCn1c(N)c(NCCOCC(F)F)c(=O)[nH]c1=O. The van der Waals surface area contributed by atoms with Gasteiger partial charge in [0.2, 0.25) is 0 Å². The molecule has 1 aromatic heterocycles. The summed E-state index contributed by atoms with van der Waals surface area (Å²) in [6.07, 6.45) is -2.53. The molecule has 7 nitrogen and oxygen atoms in total. The topological polar surface area (TPSA) is 102 Å². The molecular formula is C10H16F2N4O3. The van der Waals surface area contributed by atoms with E-state index < -0.39 is 24.3 Å². The van der Waals surface area contributed by atoms with E-state index in [4.69, 9.17) is 5.73 Å². The monoisotopic (exact) mass is 278 g/mol. The van der Waals surface area contributed by atoms with E-state index >= 15 is 0 Å². The molecule has 0 aliphatic carbocycles. The van der Waals surface area contributed by atoms with Gasteiger partial charge in [-0.1, -0.05) is 0 Å². The number of nitrogens with one attached hydrogen (secondary N) is 2. The number of anilines is 2. The van der Waals surface area contributed by atoms with Gasteiger partial charge in [-0.15, -0.1) is 0 Å². The molecule has 1 heterocycles. The predicted octanol–water partition coefficient (Wildman–Crippen LogP) is -0.168. The Morgan fingerprint density at radius 2 is 2.16 bits per heavy atom. The van der Waals surface area contributed by atoms with Gasteiger partial charge in [-0.3, -0.25) is 14.3 Å². The Hall–Kier alpha value is -1.90. The van der Waals surface area contributed by atoms with E-state index in [9.17, 15) is 18.4 Å². The number of halogens is 2. The largest absolute Gasteiger partial charge is 0.383 e. The van der Waals surface area contributed by atoms with E-state index in [1.54, 1.807) is 6.92 Å². The summed E-state index contributed by atoms with van der Waals surface area (Å²) in [5.41, 5.74) is 4.46. The zero-order chi connectivity index (χ0) is 14.4. The van der Waals surface area contributed by atoms with Gasteiger partial charge < -0.3 is 15.8 Å². The van der Waals surface area contributed by atoms with Crippen molar-refractivity contribution in [2.75, 3.05) is 30.8 Å². The van der Waals surface area contributed by atoms with Gasteiger partial charge in [0.25, 0.3) is 12.0 Å². The third kappa shape index (κ3) is 4.05. The standard InChI is InChI=1S/C10H16F2N4O3/c1-2-16-8(13)7(9(17)15-10(16)18)14-3-4-19-5-6(11)12/h6,14H,2-5,13H2,1H3,(H,15,17,18). The normalized spacial score (nSPS) is 10.9. The van der Waals surface area contributed by atoms with Crippen LogP contribution in [0.3, 0.4) is 0 Å². The highest BCUT2D eigenvalue weighted by molar-refractivity contribution is 5.60. The first kappa shape index (κ1) is 15.2. The smallest absolute Gasteiger partial charge is 0.330 e. The second kappa shape index (κ2) is 6.88. The second-order valence-electron chi connectivity index (χ2n) is 3.66. The van der Waals surface area contributed by atoms with Crippen LogP contribution in [0.25, 0.3) is 0 Å². The maximum absolute atomic E-state index is 11.8. The molecule has 0 saturated carbocycles. The van der Waals surface area contributed by atoms with Crippen molar-refractivity contribution in [1.82, 2.24) is 9.55 Å². The third-order valence-corrected chi connectivity index (χ3v) is 2.35. The number of nitrogen functional groups attached to an aromatic ring is 1. The molecule has 0 spiro atoms. The lowest BCUT2D eigenvalue weighted by molar-refractivity contribution is 0.0215. The lowest BCUT2D eigenvalue weighted by Crippen LogP contribution is -2.34. The van der Waals surface area contributed by atoms with E-state index in [1.165, 1.54) is 4.57 Å². The summed E-state index contributed by atoms with van der Waals surface area (Å²) in [6, 6.07) is 0. The van der Waals surface area contributed by atoms with E-state index in [0.29, 0.717) is 6.54 Å². The molecule has 19 heavy (non-hydrogen) atoms. The van der Waals surface area contributed by atoms with Crippen LogP contribution < -0.4 is 22.3 Å². The van der Waals surface area contributed by atoms with Crippen molar-refractivity contribution < 1.29 is 13.5 Å². The van der Waals surface area contributed by atoms with Crippen molar-refractivity contribution in [3.05, 3.63) is 20.8 Å². The van der Waals surface area contributed by atoms with E-state index in [0.717, 1.165) is 0 Å². The lowest BCUT2D eigenvalue weighted by Gasteiger charge is -2.12. The molecule has 0 radical (unpaired) electrons. The number of hydrogen-bond acceptors (Lipinski definition) is 5. The number of hydrogen-bond donors (Lipinski definition) is 3. The molecule has 0 unspecified atom stereocenters. The molecule has 1 aromatic rings. The second-order valence-corrected chi connectivity index (χ2v) is 3.66. The molecule has 0 atom stereocenters. The minimum Gasteiger partial charge on any atom is -0.383 e. The molecule has 1 rings (SSSR count). The molecule has 0 saturated heterocycles. The summed E-state index contributed by atoms with van der Waals surface area (Å²) < 4.78 is 29.4. The molecule has 0 aliphatic rings. The van der Waals surface area contributed by atoms with Gasteiger partial charge in [-0.25, -0.2) is 13.6 Å². The Kier molecular flexibility index (Phi) is 5.49. The Morgan fingerprint density at radius 1 is 1.47 bits per heavy atom.